The predicted molar refractivity (Wildman–Crippen MR) is 83.3 cm³/mol. The summed E-state index contributed by atoms with van der Waals surface area (Å²) in [7, 11) is 1.86. The van der Waals surface area contributed by atoms with Gasteiger partial charge in [0.1, 0.15) is 5.69 Å². The molecule has 0 bridgehead atoms. The van der Waals surface area contributed by atoms with E-state index in [-0.39, 0.29) is 5.91 Å². The number of carbonyl (C=O) groups excluding carboxylic acids is 1. The van der Waals surface area contributed by atoms with Gasteiger partial charge in [-0.1, -0.05) is 30.3 Å². The van der Waals surface area contributed by atoms with Crippen LogP contribution in [0.1, 0.15) is 16.1 Å². The normalized spacial score (nSPS) is 10.6. The molecule has 0 aliphatic carbocycles. The fourth-order valence-corrected chi connectivity index (χ4v) is 2.63. The van der Waals surface area contributed by atoms with Crippen LogP contribution in [0.3, 0.4) is 0 Å². The molecule has 0 aliphatic rings. The molecule has 0 unspecified atom stereocenters. The summed E-state index contributed by atoms with van der Waals surface area (Å²) in [4.78, 5) is 14.4. The van der Waals surface area contributed by atoms with E-state index < -0.39 is 0 Å². The van der Waals surface area contributed by atoms with Crippen molar-refractivity contribution in [3.8, 4) is 0 Å². The van der Waals surface area contributed by atoms with Crippen molar-refractivity contribution in [2.24, 2.45) is 12.8 Å². The number of hydrogen-bond acceptors (Lipinski definition) is 2. The molecule has 0 radical (unpaired) electrons. The van der Waals surface area contributed by atoms with Gasteiger partial charge in [0.05, 0.1) is 0 Å². The molecule has 0 spiro atoms. The molecule has 1 amide bonds. The van der Waals surface area contributed by atoms with Gasteiger partial charge in [0.25, 0.3) is 5.91 Å². The first-order valence-corrected chi connectivity index (χ1v) is 7.26. The second-order valence-electron chi connectivity index (χ2n) is 4.66. The molecule has 1 aromatic carbocycles. The maximum Gasteiger partial charge on any atom is 0.270 e. The van der Waals surface area contributed by atoms with E-state index in [0.717, 1.165) is 10.0 Å². The molecule has 106 valence electrons. The summed E-state index contributed by atoms with van der Waals surface area (Å²) in [6.07, 6.45) is 1.87. The summed E-state index contributed by atoms with van der Waals surface area (Å²) >= 11 is 3.39. The van der Waals surface area contributed by atoms with Crippen LogP contribution < -0.4 is 5.73 Å². The Balaban J connectivity index is 2.20. The van der Waals surface area contributed by atoms with Crippen LogP contribution >= 0.6 is 15.9 Å². The van der Waals surface area contributed by atoms with Gasteiger partial charge in [-0.15, -0.1) is 0 Å². The van der Waals surface area contributed by atoms with Gasteiger partial charge in [0.2, 0.25) is 0 Å². The van der Waals surface area contributed by atoms with Gasteiger partial charge in [0.15, 0.2) is 0 Å². The molecule has 1 heterocycles. The minimum Gasteiger partial charge on any atom is -0.345 e. The number of amides is 1. The molecule has 0 aliphatic heterocycles. The number of hydrogen-bond donors (Lipinski definition) is 1. The highest BCUT2D eigenvalue weighted by Crippen LogP contribution is 2.16. The number of benzene rings is 1. The number of aryl methyl sites for hydroxylation is 1. The van der Waals surface area contributed by atoms with Gasteiger partial charge < -0.3 is 15.2 Å². The quantitative estimate of drug-likeness (QED) is 0.912. The van der Waals surface area contributed by atoms with Gasteiger partial charge in [0, 0.05) is 37.4 Å². The zero-order valence-corrected chi connectivity index (χ0v) is 13.0. The zero-order valence-electron chi connectivity index (χ0n) is 11.4. The van der Waals surface area contributed by atoms with Crippen LogP contribution in [-0.4, -0.2) is 28.5 Å². The third kappa shape index (κ3) is 3.49. The lowest BCUT2D eigenvalue weighted by Gasteiger charge is -2.22. The van der Waals surface area contributed by atoms with Crippen molar-refractivity contribution < 1.29 is 4.79 Å². The highest BCUT2D eigenvalue weighted by Gasteiger charge is 2.18. The topological polar surface area (TPSA) is 51.3 Å². The fraction of sp³-hybridized carbons (Fsp3) is 0.267. The van der Waals surface area contributed by atoms with Crippen molar-refractivity contribution in [3.05, 3.63) is 58.3 Å². The van der Waals surface area contributed by atoms with Crippen molar-refractivity contribution in [1.29, 1.82) is 0 Å². The minimum absolute atomic E-state index is 0.00694. The lowest BCUT2D eigenvalue weighted by Crippen LogP contribution is -2.35. The molecule has 20 heavy (non-hydrogen) atoms. The van der Waals surface area contributed by atoms with Crippen molar-refractivity contribution >= 4 is 21.8 Å². The highest BCUT2D eigenvalue weighted by atomic mass is 79.9. The largest absolute Gasteiger partial charge is 0.345 e. The Labute approximate surface area is 127 Å². The summed E-state index contributed by atoms with van der Waals surface area (Å²) < 4.78 is 2.72. The van der Waals surface area contributed by atoms with Crippen LogP contribution in [0.15, 0.2) is 47.1 Å². The van der Waals surface area contributed by atoms with Gasteiger partial charge >= 0.3 is 0 Å². The Hall–Kier alpha value is -1.59. The Bertz CT molecular complexity index is 580. The van der Waals surface area contributed by atoms with Crippen molar-refractivity contribution in [3.63, 3.8) is 0 Å². The van der Waals surface area contributed by atoms with Gasteiger partial charge in [-0.05, 0) is 27.6 Å². The molecule has 0 saturated carbocycles. The molecule has 0 fully saturated rings. The fourth-order valence-electron chi connectivity index (χ4n) is 2.11. The first-order chi connectivity index (χ1) is 9.61. The predicted octanol–water partition coefficient (Wildman–Crippen LogP) is 2.39. The Morgan fingerprint density at radius 2 is 2.05 bits per heavy atom. The van der Waals surface area contributed by atoms with E-state index in [1.54, 1.807) is 4.90 Å². The molecule has 2 rings (SSSR count). The molecule has 1 aromatic heterocycles. The second kappa shape index (κ2) is 6.72. The van der Waals surface area contributed by atoms with Gasteiger partial charge in [-0.2, -0.15) is 0 Å². The van der Waals surface area contributed by atoms with E-state index in [1.165, 1.54) is 0 Å². The maximum atomic E-state index is 12.6. The lowest BCUT2D eigenvalue weighted by atomic mass is 10.2. The average Bonchev–Trinajstić information content (AvgIpc) is 2.77. The smallest absolute Gasteiger partial charge is 0.270 e. The standard InChI is InChI=1S/C15H18BrN3O/c1-18-11-13(16)9-14(18)15(20)19(8-7-17)10-12-5-3-2-4-6-12/h2-6,9,11H,7-8,10,17H2,1H3. The van der Waals surface area contributed by atoms with E-state index in [4.69, 9.17) is 5.73 Å². The van der Waals surface area contributed by atoms with Crippen LogP contribution in [0.5, 0.6) is 0 Å². The number of nitrogens with two attached hydrogens (primary N) is 1. The van der Waals surface area contributed by atoms with Crippen molar-refractivity contribution in [1.82, 2.24) is 9.47 Å². The first kappa shape index (κ1) is 14.8. The summed E-state index contributed by atoms with van der Waals surface area (Å²) in [5.74, 6) is -0.00694. The van der Waals surface area contributed by atoms with Crippen molar-refractivity contribution in [2.45, 2.75) is 6.54 Å². The number of halogens is 1. The summed E-state index contributed by atoms with van der Waals surface area (Å²) in [5.41, 5.74) is 7.39. The number of nitrogens with zero attached hydrogens (tertiary/aromatic N) is 2. The molecule has 5 heteroatoms. The molecular weight excluding hydrogens is 318 g/mol. The van der Waals surface area contributed by atoms with Crippen LogP contribution in [0.2, 0.25) is 0 Å². The number of rotatable bonds is 5. The molecule has 2 aromatic rings. The van der Waals surface area contributed by atoms with E-state index in [0.29, 0.717) is 25.3 Å². The SMILES string of the molecule is Cn1cc(Br)cc1C(=O)N(CCN)Cc1ccccc1. The summed E-state index contributed by atoms with van der Waals surface area (Å²) in [6.45, 7) is 1.56. The van der Waals surface area contributed by atoms with Gasteiger partial charge in [-0.3, -0.25) is 4.79 Å². The lowest BCUT2D eigenvalue weighted by molar-refractivity contribution is 0.0738. The first-order valence-electron chi connectivity index (χ1n) is 6.47. The van der Waals surface area contributed by atoms with Crippen LogP contribution in [0.25, 0.3) is 0 Å². The van der Waals surface area contributed by atoms with Crippen LogP contribution in [0.4, 0.5) is 0 Å². The van der Waals surface area contributed by atoms with E-state index in [9.17, 15) is 4.79 Å². The van der Waals surface area contributed by atoms with Crippen LogP contribution in [-0.2, 0) is 13.6 Å². The van der Waals surface area contributed by atoms with E-state index >= 15 is 0 Å². The van der Waals surface area contributed by atoms with E-state index in [1.807, 2.05) is 54.2 Å². The molecule has 4 nitrogen and oxygen atoms in total. The maximum absolute atomic E-state index is 12.6. The zero-order chi connectivity index (χ0) is 14.5. The Morgan fingerprint density at radius 1 is 1.35 bits per heavy atom. The Kier molecular flexibility index (Phi) is 4.98. The van der Waals surface area contributed by atoms with Crippen LogP contribution in [0, 0.1) is 0 Å². The molecular formula is C15H18BrN3O. The van der Waals surface area contributed by atoms with Crippen molar-refractivity contribution in [2.75, 3.05) is 13.1 Å². The third-order valence-corrected chi connectivity index (χ3v) is 3.53. The monoisotopic (exact) mass is 335 g/mol. The summed E-state index contributed by atoms with van der Waals surface area (Å²) in [6, 6.07) is 11.8. The number of carbonyl (C=O) groups is 1. The van der Waals surface area contributed by atoms with Gasteiger partial charge in [-0.25, -0.2) is 0 Å². The highest BCUT2D eigenvalue weighted by molar-refractivity contribution is 9.10. The number of aromatic nitrogens is 1. The minimum atomic E-state index is -0.00694. The third-order valence-electron chi connectivity index (χ3n) is 3.09. The molecule has 0 atom stereocenters. The average molecular weight is 336 g/mol. The summed E-state index contributed by atoms with van der Waals surface area (Å²) in [5, 5.41) is 0. The molecule has 2 N–H and O–H groups in total. The van der Waals surface area contributed by atoms with E-state index in [2.05, 4.69) is 15.9 Å². The Morgan fingerprint density at radius 3 is 2.60 bits per heavy atom. The second-order valence-corrected chi connectivity index (χ2v) is 5.57. The molecule has 0 saturated heterocycles.